The van der Waals surface area contributed by atoms with Gasteiger partial charge in [0, 0.05) is 0 Å². The topological polar surface area (TPSA) is 0 Å². The Labute approximate surface area is 257 Å². The van der Waals surface area contributed by atoms with E-state index >= 15 is 0 Å². The van der Waals surface area contributed by atoms with E-state index in [-0.39, 0.29) is 24.8 Å². The summed E-state index contributed by atoms with van der Waals surface area (Å²) in [5, 5.41) is 2.76. The van der Waals surface area contributed by atoms with Crippen LogP contribution in [0.3, 0.4) is 0 Å². The van der Waals surface area contributed by atoms with Crippen molar-refractivity contribution in [3.8, 4) is 11.1 Å². The van der Waals surface area contributed by atoms with E-state index < -0.39 is 0 Å². The summed E-state index contributed by atoms with van der Waals surface area (Å²) in [4.78, 5) is 0. The van der Waals surface area contributed by atoms with E-state index in [9.17, 15) is 0 Å². The second-order valence-electron chi connectivity index (χ2n) is 10.6. The summed E-state index contributed by atoms with van der Waals surface area (Å²) in [6.07, 6.45) is 14.1. The van der Waals surface area contributed by atoms with Crippen molar-refractivity contribution < 1.29 is 23.3 Å². The van der Waals surface area contributed by atoms with Crippen LogP contribution in [0.1, 0.15) is 86.5 Å². The number of benzene rings is 2. The van der Waals surface area contributed by atoms with Gasteiger partial charge in [-0.25, -0.2) is 0 Å². The summed E-state index contributed by atoms with van der Waals surface area (Å²) in [5.41, 5.74) is 8.13. The van der Waals surface area contributed by atoms with Crippen molar-refractivity contribution in [2.75, 3.05) is 0 Å². The van der Waals surface area contributed by atoms with Gasteiger partial charge in [-0.3, -0.25) is 0 Å². The first-order valence-corrected chi connectivity index (χ1v) is 19.5. The van der Waals surface area contributed by atoms with Gasteiger partial charge in [0.05, 0.1) is 0 Å². The van der Waals surface area contributed by atoms with Crippen LogP contribution < -0.4 is 0 Å². The zero-order valence-electron chi connectivity index (χ0n) is 23.7. The third kappa shape index (κ3) is 12.2. The molecule has 3 aromatic carbocycles. The van der Waals surface area contributed by atoms with Crippen LogP contribution in [0.15, 0.2) is 42.5 Å². The molecule has 2 fully saturated rings. The van der Waals surface area contributed by atoms with Crippen LogP contribution in [0.4, 0.5) is 0 Å². The van der Waals surface area contributed by atoms with E-state index in [2.05, 4.69) is 84.0 Å². The van der Waals surface area contributed by atoms with E-state index in [0.717, 1.165) is 11.8 Å². The average Bonchev–Trinajstić information content (AvgIpc) is 3.15. The average molecular weight is 636 g/mol. The van der Waals surface area contributed by atoms with Gasteiger partial charge in [0.15, 0.2) is 0 Å². The first-order valence-electron chi connectivity index (χ1n) is 13.6. The normalized spacial score (nSPS) is 15.4. The van der Waals surface area contributed by atoms with Crippen LogP contribution in [0.25, 0.3) is 21.9 Å². The number of fused-ring (bicyclic) bond motifs is 1. The van der Waals surface area contributed by atoms with Crippen LogP contribution in [0.2, 0.25) is 0 Å². The standard InChI is InChI=1S/C19H19.2C7H13.2ClH.H2Si.Zr/c1-12-8-13(2)10-17(9-12)18-7-5-6-16-11-14(3)15(4)19(16)18;2*1-7-5-3-2-4-6-7;;;;/h5-11H,1-4H3;2*7H,1-6H2;2*1H;1H2;/q3*-1;;;;. The second kappa shape index (κ2) is 19.7. The molecule has 0 spiro atoms. The van der Waals surface area contributed by atoms with Gasteiger partial charge in [-0.05, 0) is 19.4 Å². The van der Waals surface area contributed by atoms with Gasteiger partial charge in [0.25, 0.3) is 0 Å². The molecule has 0 bridgehead atoms. The van der Waals surface area contributed by atoms with Crippen molar-refractivity contribution in [1.82, 2.24) is 0 Å². The van der Waals surface area contributed by atoms with Gasteiger partial charge in [0.1, 0.15) is 0 Å². The molecule has 0 saturated heterocycles. The fourth-order valence-corrected chi connectivity index (χ4v) is 5.39. The van der Waals surface area contributed by atoms with E-state index in [1.807, 2.05) is 6.88 Å². The number of halogens is 2. The second-order valence-corrected chi connectivity index (χ2v) is 10.6. The quantitative estimate of drug-likeness (QED) is 0.184. The van der Waals surface area contributed by atoms with Gasteiger partial charge >= 0.3 is 30.2 Å². The molecule has 0 radical (unpaired) electrons. The maximum absolute atomic E-state index is 4.00. The number of rotatable bonds is 1. The van der Waals surface area contributed by atoms with Gasteiger partial charge in [-0.15, -0.1) is 59.3 Å². The minimum atomic E-state index is 0. The summed E-state index contributed by atoms with van der Waals surface area (Å²) < 4.78 is 0. The molecule has 206 valence electrons. The predicted molar refractivity (Wildman–Crippen MR) is 171 cm³/mol. The molecule has 37 heavy (non-hydrogen) atoms. The van der Waals surface area contributed by atoms with Crippen molar-refractivity contribution in [3.63, 3.8) is 0 Å². The SMILES string of the molecule is Cc1cc(C)cc(-c2cccc3[cH-]c(C)c(C)c23)c1.Cl.Cl.[CH2-]C1CCCCC1.[CH2-]C1CCCCC1.[SiH2]=[Zr]. The molecule has 0 aromatic heterocycles. The molecule has 0 nitrogen and oxygen atoms in total. The van der Waals surface area contributed by atoms with Crippen LogP contribution in [-0.4, -0.2) is 6.88 Å². The summed E-state index contributed by atoms with van der Waals surface area (Å²) in [7, 11) is 0. The van der Waals surface area contributed by atoms with Crippen molar-refractivity contribution in [2.45, 2.75) is 91.9 Å². The number of hydrogen-bond acceptors (Lipinski definition) is 0. The van der Waals surface area contributed by atoms with Crippen LogP contribution in [-0.2, 0) is 23.3 Å². The molecule has 0 N–H and O–H groups in total. The van der Waals surface area contributed by atoms with Crippen LogP contribution >= 0.6 is 24.8 Å². The van der Waals surface area contributed by atoms with E-state index in [1.165, 1.54) is 108 Å². The van der Waals surface area contributed by atoms with E-state index in [4.69, 9.17) is 0 Å². The molecule has 5 rings (SSSR count). The van der Waals surface area contributed by atoms with Gasteiger partial charge in [-0.1, -0.05) is 119 Å². The first-order chi connectivity index (χ1) is 16.8. The maximum atomic E-state index is 4.00. The van der Waals surface area contributed by atoms with Gasteiger partial charge in [0.2, 0.25) is 0 Å². The van der Waals surface area contributed by atoms with Crippen molar-refractivity contribution >= 4 is 42.5 Å². The third-order valence-electron chi connectivity index (χ3n) is 7.42. The molecule has 2 aliphatic rings. The predicted octanol–water partition coefficient (Wildman–Crippen LogP) is 10.2. The Bertz CT molecular complexity index is 994. The molecular weight excluding hydrogens is 587 g/mol. The molecule has 0 unspecified atom stereocenters. The van der Waals surface area contributed by atoms with Crippen molar-refractivity contribution in [2.24, 2.45) is 11.8 Å². The number of hydrogen-bond donors (Lipinski definition) is 0. The molecule has 2 aliphatic carbocycles. The zero-order chi connectivity index (χ0) is 25.8. The summed E-state index contributed by atoms with van der Waals surface area (Å²) in [6, 6.07) is 15.7. The molecule has 3 aromatic rings. The Kier molecular flexibility index (Phi) is 19.6. The van der Waals surface area contributed by atoms with E-state index in [0.29, 0.717) is 0 Å². The van der Waals surface area contributed by atoms with E-state index in [1.54, 1.807) is 23.3 Å². The Balaban J connectivity index is 0.000000598. The fourth-order valence-electron chi connectivity index (χ4n) is 5.39. The Hall–Kier alpha value is -0.270. The molecular formula is C33H49Cl2SiZr-3. The molecule has 0 aliphatic heterocycles. The van der Waals surface area contributed by atoms with Crippen molar-refractivity contribution in [3.05, 3.63) is 78.6 Å². The molecule has 0 amide bonds. The summed E-state index contributed by atoms with van der Waals surface area (Å²) in [5.74, 6) is 1.57. The van der Waals surface area contributed by atoms with Gasteiger partial charge < -0.3 is 13.8 Å². The number of aryl methyl sites for hydroxylation is 4. The van der Waals surface area contributed by atoms with Crippen molar-refractivity contribution in [1.29, 1.82) is 0 Å². The molecule has 4 heteroatoms. The summed E-state index contributed by atoms with van der Waals surface area (Å²) >= 11 is 1.58. The Morgan fingerprint density at radius 1 is 0.730 bits per heavy atom. The van der Waals surface area contributed by atoms with Crippen LogP contribution in [0, 0.1) is 53.4 Å². The zero-order valence-corrected chi connectivity index (χ0v) is 29.2. The molecule has 0 heterocycles. The first kappa shape index (κ1) is 36.7. The molecule has 0 atom stereocenters. The fraction of sp³-hybridized carbons (Fsp3) is 0.485. The molecule has 2 saturated carbocycles. The summed E-state index contributed by atoms with van der Waals surface area (Å²) in [6.45, 7) is 18.7. The third-order valence-corrected chi connectivity index (χ3v) is 7.42. The van der Waals surface area contributed by atoms with Gasteiger partial charge in [-0.2, -0.15) is 17.4 Å². The Morgan fingerprint density at radius 2 is 1.19 bits per heavy atom. The van der Waals surface area contributed by atoms with Crippen LogP contribution in [0.5, 0.6) is 0 Å². The Morgan fingerprint density at radius 3 is 1.59 bits per heavy atom. The minimum absolute atomic E-state index is 0. The monoisotopic (exact) mass is 633 g/mol.